The van der Waals surface area contributed by atoms with Gasteiger partial charge in [-0.15, -0.1) is 4.91 Å². The first-order chi connectivity index (χ1) is 5.81. The van der Waals surface area contributed by atoms with Crippen LogP contribution in [0, 0.1) is 4.91 Å². The van der Waals surface area contributed by atoms with Crippen LogP contribution in [0.1, 0.15) is 5.56 Å². The Morgan fingerprint density at radius 1 is 1.58 bits per heavy atom. The number of methoxy groups -OCH3 is 1. The molecule has 1 rings (SSSR count). The van der Waals surface area contributed by atoms with Crippen LogP contribution in [0.2, 0.25) is 0 Å². The average Bonchev–Trinajstić information content (AvgIpc) is 2.16. The van der Waals surface area contributed by atoms with Crippen molar-refractivity contribution in [1.82, 2.24) is 0 Å². The van der Waals surface area contributed by atoms with E-state index in [0.29, 0.717) is 11.4 Å². The Kier molecular flexibility index (Phi) is 2.85. The lowest BCUT2D eigenvalue weighted by molar-refractivity contribution is 0.415. The highest BCUT2D eigenvalue weighted by atomic mass is 16.5. The average molecular weight is 163 g/mol. The molecule has 0 amide bonds. The second kappa shape index (κ2) is 3.90. The van der Waals surface area contributed by atoms with Gasteiger partial charge in [-0.1, -0.05) is 12.4 Å². The van der Waals surface area contributed by atoms with Crippen LogP contribution in [-0.4, -0.2) is 15.0 Å². The smallest absolute Gasteiger partial charge is 0.121 e. The molecule has 0 saturated carbocycles. The summed E-state index contributed by atoms with van der Waals surface area (Å²) in [7, 11) is 3.55. The Morgan fingerprint density at radius 3 is 2.83 bits per heavy atom. The second-order valence-corrected chi connectivity index (χ2v) is 2.44. The highest BCUT2D eigenvalue weighted by molar-refractivity contribution is 6.08. The van der Waals surface area contributed by atoms with E-state index in [1.165, 1.54) is 0 Å². The zero-order valence-corrected chi connectivity index (χ0v) is 7.20. The molecule has 0 aromatic heterocycles. The minimum Gasteiger partial charge on any atom is -0.497 e. The van der Waals surface area contributed by atoms with Crippen LogP contribution in [0.15, 0.2) is 23.4 Å². The van der Waals surface area contributed by atoms with Crippen molar-refractivity contribution in [2.75, 3.05) is 7.11 Å². The summed E-state index contributed by atoms with van der Waals surface area (Å²) in [5, 5.41) is 2.92. The van der Waals surface area contributed by atoms with Crippen LogP contribution in [0.5, 0.6) is 5.75 Å². The van der Waals surface area contributed by atoms with Gasteiger partial charge >= 0.3 is 0 Å². The monoisotopic (exact) mass is 163 g/mol. The summed E-state index contributed by atoms with van der Waals surface area (Å²) in [6.45, 7) is 0. The fraction of sp³-hybridized carbons (Fsp3) is 0.250. The van der Waals surface area contributed by atoms with Gasteiger partial charge in [0.2, 0.25) is 0 Å². The van der Waals surface area contributed by atoms with E-state index >= 15 is 0 Å². The minimum atomic E-state index is 0.469. The molecule has 3 nitrogen and oxygen atoms in total. The van der Waals surface area contributed by atoms with Gasteiger partial charge in [-0.25, -0.2) is 0 Å². The van der Waals surface area contributed by atoms with Crippen molar-refractivity contribution in [3.05, 3.63) is 28.7 Å². The predicted molar refractivity (Wildman–Crippen MR) is 50.7 cm³/mol. The van der Waals surface area contributed by atoms with Gasteiger partial charge in [0.05, 0.1) is 7.11 Å². The van der Waals surface area contributed by atoms with Crippen molar-refractivity contribution >= 4 is 13.5 Å². The Morgan fingerprint density at radius 2 is 2.33 bits per heavy atom. The Balaban J connectivity index is 3.10. The van der Waals surface area contributed by atoms with Gasteiger partial charge in [-0.05, 0) is 16.8 Å². The maximum atomic E-state index is 10.3. The molecule has 0 heterocycles. The van der Waals surface area contributed by atoms with E-state index in [-0.39, 0.29) is 0 Å². The van der Waals surface area contributed by atoms with E-state index in [4.69, 9.17) is 4.74 Å². The predicted octanol–water partition coefficient (Wildman–Crippen LogP) is 1.23. The molecule has 0 N–H and O–H groups in total. The molecule has 0 radical (unpaired) electrons. The molecule has 0 unspecified atom stereocenters. The molecule has 0 atom stereocenters. The lowest BCUT2D eigenvalue weighted by atomic mass is 9.95. The van der Waals surface area contributed by atoms with Crippen molar-refractivity contribution in [2.24, 2.45) is 5.18 Å². The van der Waals surface area contributed by atoms with Crippen LogP contribution in [0.25, 0.3) is 0 Å². The van der Waals surface area contributed by atoms with Gasteiger partial charge in [0.25, 0.3) is 0 Å². The number of benzene rings is 1. The zero-order chi connectivity index (χ0) is 8.97. The molecule has 0 bridgehead atoms. The molecule has 1 aromatic carbocycles. The summed E-state index contributed by atoms with van der Waals surface area (Å²) in [4.78, 5) is 10.3. The molecule has 62 valence electrons. The van der Waals surface area contributed by atoms with Gasteiger partial charge in [0.1, 0.15) is 19.3 Å². The number of rotatable bonds is 3. The van der Waals surface area contributed by atoms with E-state index in [1.54, 1.807) is 13.2 Å². The maximum absolute atomic E-state index is 10.3. The minimum absolute atomic E-state index is 0.469. The van der Waals surface area contributed by atoms with E-state index in [9.17, 15) is 4.91 Å². The third kappa shape index (κ3) is 1.64. The molecule has 0 aliphatic heterocycles. The highest BCUT2D eigenvalue weighted by Gasteiger charge is 2.01. The lowest BCUT2D eigenvalue weighted by Crippen LogP contribution is -1.87. The zero-order valence-electron chi connectivity index (χ0n) is 7.20. The highest BCUT2D eigenvalue weighted by Crippen LogP contribution is 2.24. The van der Waals surface area contributed by atoms with Gasteiger partial charge in [0, 0.05) is 6.07 Å². The van der Waals surface area contributed by atoms with E-state index in [0.717, 1.165) is 11.9 Å². The number of nitroso groups, excluding NO2 is 1. The normalized spacial score (nSPS) is 9.42. The number of nitrogens with zero attached hydrogens (tertiary/aromatic N) is 1. The molecule has 1 aromatic rings. The third-order valence-electron chi connectivity index (χ3n) is 1.77. The first kappa shape index (κ1) is 8.78. The first-order valence-corrected chi connectivity index (χ1v) is 3.82. The van der Waals surface area contributed by atoms with Crippen molar-refractivity contribution in [3.8, 4) is 5.75 Å². The van der Waals surface area contributed by atoms with E-state index < -0.39 is 0 Å². The van der Waals surface area contributed by atoms with Crippen molar-refractivity contribution < 1.29 is 4.74 Å². The van der Waals surface area contributed by atoms with Gasteiger partial charge in [-0.3, -0.25) is 0 Å². The topological polar surface area (TPSA) is 38.7 Å². The number of ether oxygens (including phenoxy) is 1. The molecule has 0 spiro atoms. The molecule has 0 saturated heterocycles. The van der Waals surface area contributed by atoms with E-state index in [1.807, 2.05) is 20.0 Å². The Bertz CT molecular complexity index is 288. The molecule has 0 aliphatic carbocycles. The largest absolute Gasteiger partial charge is 0.497 e. The second-order valence-electron chi connectivity index (χ2n) is 2.44. The first-order valence-electron chi connectivity index (χ1n) is 3.82. The maximum Gasteiger partial charge on any atom is 0.121 e. The van der Waals surface area contributed by atoms with Crippen molar-refractivity contribution in [1.29, 1.82) is 0 Å². The standard InChI is InChI=1S/C8H10BNO2/c1-12-7-3-2-6(5-9)8(4-7)10-11/h2-4H,5,9H2,1H3. The van der Waals surface area contributed by atoms with Gasteiger partial charge < -0.3 is 4.74 Å². The number of hydrogen-bond donors (Lipinski definition) is 0. The van der Waals surface area contributed by atoms with Crippen LogP contribution in [0.4, 0.5) is 5.69 Å². The summed E-state index contributed by atoms with van der Waals surface area (Å²) >= 11 is 0. The van der Waals surface area contributed by atoms with Crippen LogP contribution in [0.3, 0.4) is 0 Å². The lowest BCUT2D eigenvalue weighted by Gasteiger charge is -2.02. The summed E-state index contributed by atoms with van der Waals surface area (Å²) in [5.41, 5.74) is 1.42. The summed E-state index contributed by atoms with van der Waals surface area (Å²) < 4.78 is 4.96. The van der Waals surface area contributed by atoms with Crippen molar-refractivity contribution in [2.45, 2.75) is 6.32 Å². The Hall–Kier alpha value is -1.32. The quantitative estimate of drug-likeness (QED) is 0.496. The molecular weight excluding hydrogens is 153 g/mol. The van der Waals surface area contributed by atoms with Crippen LogP contribution < -0.4 is 4.74 Å². The molecular formula is C8H10BNO2. The van der Waals surface area contributed by atoms with Crippen LogP contribution >= 0.6 is 0 Å². The third-order valence-corrected chi connectivity index (χ3v) is 1.77. The molecule has 0 fully saturated rings. The number of hydrogen-bond acceptors (Lipinski definition) is 3. The van der Waals surface area contributed by atoms with Gasteiger partial charge in [0.15, 0.2) is 0 Å². The van der Waals surface area contributed by atoms with Crippen LogP contribution in [-0.2, 0) is 6.32 Å². The molecule has 4 heteroatoms. The van der Waals surface area contributed by atoms with Crippen molar-refractivity contribution in [3.63, 3.8) is 0 Å². The Labute approximate surface area is 72.1 Å². The van der Waals surface area contributed by atoms with E-state index in [2.05, 4.69) is 5.18 Å². The summed E-state index contributed by atoms with van der Waals surface area (Å²) in [5.74, 6) is 0.668. The van der Waals surface area contributed by atoms with Gasteiger partial charge in [-0.2, -0.15) is 0 Å². The SMILES string of the molecule is BCc1ccc(OC)cc1N=O. The molecule has 0 aliphatic rings. The fourth-order valence-electron chi connectivity index (χ4n) is 1.05. The fourth-order valence-corrected chi connectivity index (χ4v) is 1.05. The summed E-state index contributed by atoms with van der Waals surface area (Å²) in [6.07, 6.45) is 0.811. The summed E-state index contributed by atoms with van der Waals surface area (Å²) in [6, 6.07) is 5.33. The molecule has 12 heavy (non-hydrogen) atoms.